The van der Waals surface area contributed by atoms with Crippen LogP contribution in [-0.2, 0) is 14.8 Å². The molecule has 4 heterocycles. The molecule has 1 saturated heterocycles. The van der Waals surface area contributed by atoms with Gasteiger partial charge >= 0.3 is 0 Å². The van der Waals surface area contributed by atoms with Crippen LogP contribution in [0.5, 0.6) is 5.75 Å². The van der Waals surface area contributed by atoms with Gasteiger partial charge in [-0.05, 0) is 49.2 Å². The fourth-order valence-corrected chi connectivity index (χ4v) is 6.33. The highest BCUT2D eigenvalue weighted by molar-refractivity contribution is 7.92. The van der Waals surface area contributed by atoms with Gasteiger partial charge in [0, 0.05) is 40.8 Å². The Kier molecular flexibility index (Phi) is 7.84. The molecule has 2 N–H and O–H groups in total. The van der Waals surface area contributed by atoms with Crippen molar-refractivity contribution in [2.45, 2.75) is 19.4 Å². The molecule has 0 aliphatic carbocycles. The number of hydrogen-bond donors (Lipinski definition) is 2. The number of H-pyrrole nitrogens is 1. The Bertz CT molecular complexity index is 1920. The van der Waals surface area contributed by atoms with Crippen LogP contribution in [0.15, 0.2) is 54.9 Å². The molecular weight excluding hydrogens is 578 g/mol. The van der Waals surface area contributed by atoms with Gasteiger partial charge in [0.15, 0.2) is 11.6 Å². The minimum atomic E-state index is -3.93. The van der Waals surface area contributed by atoms with Crippen LogP contribution in [0.2, 0.25) is 0 Å². The SMILES string of the molecule is COc1cc(-c2cccc(NS(=O)(=O)CCCF)c2F)cc2c(N3CCOCC3C)nc(-c3cnc4[nH]ccc4c3)nc12. The molecule has 5 aromatic rings. The molecule has 0 saturated carbocycles. The number of nitrogens with one attached hydrogen (secondary N) is 2. The van der Waals surface area contributed by atoms with E-state index in [-0.39, 0.29) is 23.7 Å². The van der Waals surface area contributed by atoms with E-state index >= 15 is 4.39 Å². The van der Waals surface area contributed by atoms with Crippen molar-refractivity contribution in [2.24, 2.45) is 0 Å². The topological polar surface area (TPSA) is 122 Å². The second-order valence-electron chi connectivity index (χ2n) is 10.3. The lowest BCUT2D eigenvalue weighted by Gasteiger charge is -2.35. The summed E-state index contributed by atoms with van der Waals surface area (Å²) < 4.78 is 66.9. The maximum atomic E-state index is 15.8. The number of halogens is 2. The summed E-state index contributed by atoms with van der Waals surface area (Å²) in [4.78, 5) is 19.6. The molecule has 1 aliphatic heterocycles. The molecule has 1 aliphatic rings. The van der Waals surface area contributed by atoms with E-state index in [1.54, 1.807) is 30.5 Å². The summed E-state index contributed by atoms with van der Waals surface area (Å²) in [5.41, 5.74) is 2.38. The van der Waals surface area contributed by atoms with Gasteiger partial charge in [-0.1, -0.05) is 12.1 Å². The Hall–Kier alpha value is -4.36. The van der Waals surface area contributed by atoms with Crippen LogP contribution in [0, 0.1) is 5.82 Å². The van der Waals surface area contributed by atoms with E-state index in [1.165, 1.54) is 13.2 Å². The number of ether oxygens (including phenoxy) is 2. The molecular formula is C30H30F2N6O4S. The number of nitrogens with zero attached hydrogens (tertiary/aromatic N) is 4. The van der Waals surface area contributed by atoms with Crippen LogP contribution in [0.1, 0.15) is 13.3 Å². The summed E-state index contributed by atoms with van der Waals surface area (Å²) in [6.45, 7) is 2.86. The maximum Gasteiger partial charge on any atom is 0.232 e. The molecule has 3 aromatic heterocycles. The fraction of sp³-hybridized carbons (Fsp3) is 0.300. The molecule has 2 aromatic carbocycles. The van der Waals surface area contributed by atoms with Crippen molar-refractivity contribution in [1.82, 2.24) is 19.9 Å². The first-order valence-electron chi connectivity index (χ1n) is 13.8. The number of morpholine rings is 1. The molecule has 1 atom stereocenters. The summed E-state index contributed by atoms with van der Waals surface area (Å²) in [6.07, 6.45) is 3.35. The van der Waals surface area contributed by atoms with Gasteiger partial charge in [0.1, 0.15) is 22.7 Å². The lowest BCUT2D eigenvalue weighted by atomic mass is 10.0. The van der Waals surface area contributed by atoms with Crippen molar-refractivity contribution in [2.75, 3.05) is 48.9 Å². The Balaban J connectivity index is 1.52. The van der Waals surface area contributed by atoms with Crippen molar-refractivity contribution < 1.29 is 26.7 Å². The quantitative estimate of drug-likeness (QED) is 0.231. The monoisotopic (exact) mass is 608 g/mol. The number of anilines is 2. The molecule has 43 heavy (non-hydrogen) atoms. The van der Waals surface area contributed by atoms with Crippen LogP contribution >= 0.6 is 0 Å². The molecule has 10 nitrogen and oxygen atoms in total. The van der Waals surface area contributed by atoms with Gasteiger partial charge in [-0.2, -0.15) is 0 Å². The number of aromatic nitrogens is 4. The van der Waals surface area contributed by atoms with E-state index in [0.717, 1.165) is 16.6 Å². The summed E-state index contributed by atoms with van der Waals surface area (Å²) in [7, 11) is -2.42. The number of aromatic amines is 1. The zero-order chi connectivity index (χ0) is 30.1. The lowest BCUT2D eigenvalue weighted by molar-refractivity contribution is 0.0987. The Morgan fingerprint density at radius 3 is 2.84 bits per heavy atom. The molecule has 0 bridgehead atoms. The molecule has 1 unspecified atom stereocenters. The maximum absolute atomic E-state index is 15.8. The molecule has 13 heteroatoms. The third kappa shape index (κ3) is 5.69. The second kappa shape index (κ2) is 11.7. The first kappa shape index (κ1) is 28.7. The molecule has 0 spiro atoms. The highest BCUT2D eigenvalue weighted by Gasteiger charge is 2.26. The number of hydrogen-bond acceptors (Lipinski definition) is 8. The van der Waals surface area contributed by atoms with E-state index in [1.807, 2.05) is 25.3 Å². The van der Waals surface area contributed by atoms with Gasteiger partial charge in [-0.15, -0.1) is 0 Å². The van der Waals surface area contributed by atoms with Crippen molar-refractivity contribution in [1.29, 1.82) is 0 Å². The molecule has 224 valence electrons. The minimum absolute atomic E-state index is 0.00146. The van der Waals surface area contributed by atoms with Gasteiger partial charge in [0.2, 0.25) is 10.0 Å². The third-order valence-corrected chi connectivity index (χ3v) is 8.74. The Labute approximate surface area is 247 Å². The first-order valence-corrected chi connectivity index (χ1v) is 15.5. The summed E-state index contributed by atoms with van der Waals surface area (Å²) in [6, 6.07) is 11.8. The normalized spacial score (nSPS) is 15.7. The number of alkyl halides is 1. The summed E-state index contributed by atoms with van der Waals surface area (Å²) in [5.74, 6) is 0.261. The predicted molar refractivity (Wildman–Crippen MR) is 162 cm³/mol. The number of fused-ring (bicyclic) bond motifs is 2. The van der Waals surface area contributed by atoms with Crippen molar-refractivity contribution in [3.05, 3.63) is 60.7 Å². The van der Waals surface area contributed by atoms with E-state index in [4.69, 9.17) is 19.4 Å². The van der Waals surface area contributed by atoms with Crippen LogP contribution in [0.25, 0.3) is 44.5 Å². The van der Waals surface area contributed by atoms with Crippen LogP contribution in [0.4, 0.5) is 20.3 Å². The molecule has 0 radical (unpaired) electrons. The van der Waals surface area contributed by atoms with Gasteiger partial charge in [0.25, 0.3) is 0 Å². The van der Waals surface area contributed by atoms with Crippen LogP contribution in [-0.4, -0.2) is 73.7 Å². The number of sulfonamides is 1. The zero-order valence-corrected chi connectivity index (χ0v) is 24.4. The fourth-order valence-electron chi connectivity index (χ4n) is 5.24. The number of benzene rings is 2. The number of pyridine rings is 1. The first-order chi connectivity index (χ1) is 20.8. The molecule has 6 rings (SSSR count). The van der Waals surface area contributed by atoms with Gasteiger partial charge in [0.05, 0.1) is 44.5 Å². The zero-order valence-electron chi connectivity index (χ0n) is 23.6. The van der Waals surface area contributed by atoms with Crippen LogP contribution in [0.3, 0.4) is 0 Å². The van der Waals surface area contributed by atoms with Crippen LogP contribution < -0.4 is 14.4 Å². The standard InChI is InChI=1S/C30H30F2N6O4S/c1-18-17-42-11-10-38(18)30-23-14-20(22-5-3-6-24(26(22)32)37-43(39,40)12-4-8-31)15-25(41-2)27(23)35-29(36-30)21-13-19-7-9-33-28(19)34-16-21/h3,5-7,9,13-16,18,37H,4,8,10-12,17H2,1-2H3,(H,33,34). The van der Waals surface area contributed by atoms with E-state index in [9.17, 15) is 12.8 Å². The van der Waals surface area contributed by atoms with Crippen molar-refractivity contribution >= 4 is 43.5 Å². The lowest BCUT2D eigenvalue weighted by Crippen LogP contribution is -2.44. The van der Waals surface area contributed by atoms with E-state index < -0.39 is 28.3 Å². The molecule has 1 fully saturated rings. The summed E-state index contributed by atoms with van der Waals surface area (Å²) >= 11 is 0. The Morgan fingerprint density at radius 2 is 2.05 bits per heavy atom. The highest BCUT2D eigenvalue weighted by Crippen LogP contribution is 2.39. The van der Waals surface area contributed by atoms with Crippen molar-refractivity contribution in [3.63, 3.8) is 0 Å². The average Bonchev–Trinajstić information content (AvgIpc) is 3.48. The average molecular weight is 609 g/mol. The predicted octanol–water partition coefficient (Wildman–Crippen LogP) is 5.31. The minimum Gasteiger partial charge on any atom is -0.494 e. The van der Waals surface area contributed by atoms with Gasteiger partial charge < -0.3 is 19.4 Å². The number of rotatable bonds is 9. The summed E-state index contributed by atoms with van der Waals surface area (Å²) in [5, 5.41) is 1.55. The largest absolute Gasteiger partial charge is 0.494 e. The van der Waals surface area contributed by atoms with Gasteiger partial charge in [-0.3, -0.25) is 9.11 Å². The van der Waals surface area contributed by atoms with E-state index in [0.29, 0.717) is 53.6 Å². The van der Waals surface area contributed by atoms with Crippen molar-refractivity contribution in [3.8, 4) is 28.3 Å². The molecule has 0 amide bonds. The highest BCUT2D eigenvalue weighted by atomic mass is 32.2. The number of methoxy groups -OCH3 is 1. The Morgan fingerprint density at radius 1 is 1.19 bits per heavy atom. The van der Waals surface area contributed by atoms with E-state index in [2.05, 4.69) is 19.6 Å². The second-order valence-corrected chi connectivity index (χ2v) is 12.2. The third-order valence-electron chi connectivity index (χ3n) is 7.39. The van der Waals surface area contributed by atoms with Gasteiger partial charge in [-0.25, -0.2) is 27.8 Å². The smallest absolute Gasteiger partial charge is 0.232 e.